The second-order valence-electron chi connectivity index (χ2n) is 7.85. The van der Waals surface area contributed by atoms with E-state index in [1.807, 2.05) is 0 Å². The van der Waals surface area contributed by atoms with E-state index in [2.05, 4.69) is 17.0 Å². The van der Waals surface area contributed by atoms with Crippen molar-refractivity contribution in [3.63, 3.8) is 0 Å². The zero-order chi connectivity index (χ0) is 20.3. The highest BCUT2D eigenvalue weighted by Gasteiger charge is 2.29. The summed E-state index contributed by atoms with van der Waals surface area (Å²) in [5.41, 5.74) is 0.101. The molecule has 0 heterocycles. The van der Waals surface area contributed by atoms with Crippen LogP contribution < -0.4 is 10.0 Å². The van der Waals surface area contributed by atoms with Gasteiger partial charge in [0.25, 0.3) is 5.91 Å². The van der Waals surface area contributed by atoms with Crippen molar-refractivity contribution < 1.29 is 22.7 Å². The molecule has 0 aromatic heterocycles. The van der Waals surface area contributed by atoms with Gasteiger partial charge in [-0.1, -0.05) is 25.8 Å². The van der Waals surface area contributed by atoms with Crippen LogP contribution in [0.3, 0.4) is 0 Å². The Morgan fingerprint density at radius 2 is 1.86 bits per heavy atom. The van der Waals surface area contributed by atoms with Crippen LogP contribution in [0.15, 0.2) is 29.2 Å². The SMILES string of the molecule is CC(OC(=O)c1cccc(S(=O)(=O)NC2CC2)c1)C(=O)NC1CCCCC1C. The first-order valence-electron chi connectivity index (χ1n) is 9.90. The second kappa shape index (κ2) is 8.61. The molecule has 3 rings (SSSR count). The number of amides is 1. The molecule has 0 spiro atoms. The van der Waals surface area contributed by atoms with Crippen LogP contribution in [-0.4, -0.2) is 38.5 Å². The average molecular weight is 409 g/mol. The Hall–Kier alpha value is -1.93. The third-order valence-corrected chi connectivity index (χ3v) is 6.89. The highest BCUT2D eigenvalue weighted by atomic mass is 32.2. The minimum Gasteiger partial charge on any atom is -0.449 e. The maximum absolute atomic E-state index is 12.4. The summed E-state index contributed by atoms with van der Waals surface area (Å²) < 4.78 is 32.5. The lowest BCUT2D eigenvalue weighted by molar-refractivity contribution is -0.130. The molecule has 8 heteroatoms. The van der Waals surface area contributed by atoms with Crippen molar-refractivity contribution in [1.29, 1.82) is 0 Å². The van der Waals surface area contributed by atoms with E-state index in [9.17, 15) is 18.0 Å². The molecule has 28 heavy (non-hydrogen) atoms. The number of nitrogens with one attached hydrogen (secondary N) is 2. The largest absolute Gasteiger partial charge is 0.449 e. The molecule has 0 aliphatic heterocycles. The van der Waals surface area contributed by atoms with Crippen LogP contribution in [0.2, 0.25) is 0 Å². The van der Waals surface area contributed by atoms with E-state index in [1.165, 1.54) is 37.6 Å². The zero-order valence-electron chi connectivity index (χ0n) is 16.3. The molecule has 2 aliphatic rings. The number of carbonyl (C=O) groups is 2. The van der Waals surface area contributed by atoms with E-state index in [1.54, 1.807) is 0 Å². The van der Waals surface area contributed by atoms with Gasteiger partial charge in [0, 0.05) is 12.1 Å². The van der Waals surface area contributed by atoms with Crippen molar-refractivity contribution in [2.24, 2.45) is 5.92 Å². The average Bonchev–Trinajstić information content (AvgIpc) is 3.47. The van der Waals surface area contributed by atoms with E-state index < -0.39 is 22.1 Å². The second-order valence-corrected chi connectivity index (χ2v) is 9.56. The first-order valence-corrected chi connectivity index (χ1v) is 11.4. The van der Waals surface area contributed by atoms with Gasteiger partial charge in [-0.2, -0.15) is 0 Å². The van der Waals surface area contributed by atoms with Crippen LogP contribution in [-0.2, 0) is 19.6 Å². The molecule has 2 N–H and O–H groups in total. The molecule has 0 radical (unpaired) electrons. The summed E-state index contributed by atoms with van der Waals surface area (Å²) in [6.07, 6.45) is 4.97. The van der Waals surface area contributed by atoms with E-state index in [0.29, 0.717) is 5.92 Å². The van der Waals surface area contributed by atoms with Gasteiger partial charge in [-0.15, -0.1) is 0 Å². The number of ether oxygens (including phenoxy) is 1. The Bertz CT molecular complexity index is 835. The summed E-state index contributed by atoms with van der Waals surface area (Å²) in [7, 11) is -3.66. The van der Waals surface area contributed by atoms with E-state index >= 15 is 0 Å². The van der Waals surface area contributed by atoms with Crippen molar-refractivity contribution in [2.75, 3.05) is 0 Å². The van der Waals surface area contributed by atoms with E-state index in [4.69, 9.17) is 4.74 Å². The molecule has 0 bridgehead atoms. The maximum atomic E-state index is 12.4. The molecule has 1 aromatic rings. The van der Waals surface area contributed by atoms with Gasteiger partial charge in [0.1, 0.15) is 0 Å². The third kappa shape index (κ3) is 5.32. The van der Waals surface area contributed by atoms with Crippen LogP contribution >= 0.6 is 0 Å². The molecule has 3 atom stereocenters. The Kier molecular flexibility index (Phi) is 6.40. The van der Waals surface area contributed by atoms with Gasteiger partial charge in [0.15, 0.2) is 6.10 Å². The summed E-state index contributed by atoms with van der Waals surface area (Å²) in [6.45, 7) is 3.64. The number of hydrogen-bond donors (Lipinski definition) is 2. The lowest BCUT2D eigenvalue weighted by Gasteiger charge is -2.30. The van der Waals surface area contributed by atoms with Crippen molar-refractivity contribution in [3.8, 4) is 0 Å². The van der Waals surface area contributed by atoms with Crippen LogP contribution in [0.25, 0.3) is 0 Å². The van der Waals surface area contributed by atoms with Gasteiger partial charge >= 0.3 is 5.97 Å². The minimum atomic E-state index is -3.66. The first-order chi connectivity index (χ1) is 13.3. The van der Waals surface area contributed by atoms with Crippen LogP contribution in [0.5, 0.6) is 0 Å². The van der Waals surface area contributed by atoms with Crippen molar-refractivity contribution in [3.05, 3.63) is 29.8 Å². The number of rotatable bonds is 7. The fourth-order valence-corrected chi connectivity index (χ4v) is 4.74. The van der Waals surface area contributed by atoms with Gasteiger partial charge in [0.2, 0.25) is 10.0 Å². The summed E-state index contributed by atoms with van der Waals surface area (Å²) in [4.78, 5) is 24.8. The lowest BCUT2D eigenvalue weighted by atomic mass is 9.86. The van der Waals surface area contributed by atoms with E-state index in [0.717, 1.165) is 32.1 Å². The zero-order valence-corrected chi connectivity index (χ0v) is 17.1. The molecule has 3 unspecified atom stereocenters. The fourth-order valence-electron chi connectivity index (χ4n) is 3.39. The normalized spacial score (nSPS) is 23.6. The van der Waals surface area contributed by atoms with Gasteiger partial charge in [-0.3, -0.25) is 4.79 Å². The Labute approximate surface area is 166 Å². The summed E-state index contributed by atoms with van der Waals surface area (Å²) in [6, 6.07) is 5.76. The summed E-state index contributed by atoms with van der Waals surface area (Å²) >= 11 is 0. The minimum absolute atomic E-state index is 0.0157. The van der Waals surface area contributed by atoms with Gasteiger partial charge in [-0.25, -0.2) is 17.9 Å². The molecule has 154 valence electrons. The number of sulfonamides is 1. The van der Waals surface area contributed by atoms with Crippen LogP contribution in [0.4, 0.5) is 0 Å². The monoisotopic (exact) mass is 408 g/mol. The Balaban J connectivity index is 1.60. The highest BCUT2D eigenvalue weighted by molar-refractivity contribution is 7.89. The number of benzene rings is 1. The maximum Gasteiger partial charge on any atom is 0.338 e. The molecular formula is C20H28N2O5S. The Morgan fingerprint density at radius 3 is 2.54 bits per heavy atom. The Morgan fingerprint density at radius 1 is 1.14 bits per heavy atom. The predicted molar refractivity (Wildman–Crippen MR) is 104 cm³/mol. The quantitative estimate of drug-likeness (QED) is 0.675. The number of esters is 1. The smallest absolute Gasteiger partial charge is 0.338 e. The van der Waals surface area contributed by atoms with Gasteiger partial charge in [0.05, 0.1) is 10.5 Å². The standard InChI is InChI=1S/C20H28N2O5S/c1-13-6-3-4-9-18(13)21-19(23)14(2)27-20(24)15-7-5-8-17(12-15)28(25,26)22-16-10-11-16/h5,7-8,12-14,16,18,22H,3-4,6,9-11H2,1-2H3,(H,21,23). The van der Waals surface area contributed by atoms with E-state index in [-0.39, 0.29) is 28.4 Å². The van der Waals surface area contributed by atoms with Gasteiger partial charge < -0.3 is 10.1 Å². The predicted octanol–water partition coefficient (Wildman–Crippen LogP) is 2.37. The summed E-state index contributed by atoms with van der Waals surface area (Å²) in [5.74, 6) is -0.643. The molecule has 2 saturated carbocycles. The lowest BCUT2D eigenvalue weighted by Crippen LogP contribution is -2.46. The fraction of sp³-hybridized carbons (Fsp3) is 0.600. The van der Waals surface area contributed by atoms with Crippen molar-refractivity contribution in [1.82, 2.24) is 10.0 Å². The first kappa shape index (κ1) is 20.8. The molecule has 0 saturated heterocycles. The topological polar surface area (TPSA) is 102 Å². The number of hydrogen-bond acceptors (Lipinski definition) is 5. The van der Waals surface area contributed by atoms with Gasteiger partial charge in [-0.05, 0) is 56.7 Å². The third-order valence-electron chi connectivity index (χ3n) is 5.37. The van der Waals surface area contributed by atoms with Crippen LogP contribution in [0.1, 0.15) is 62.7 Å². The number of carbonyl (C=O) groups excluding carboxylic acids is 2. The highest BCUT2D eigenvalue weighted by Crippen LogP contribution is 2.24. The van der Waals surface area contributed by atoms with Crippen molar-refractivity contribution in [2.45, 2.75) is 75.5 Å². The molecule has 7 nitrogen and oxygen atoms in total. The molecular weight excluding hydrogens is 380 g/mol. The molecule has 2 fully saturated rings. The van der Waals surface area contributed by atoms with Crippen molar-refractivity contribution >= 4 is 21.9 Å². The molecule has 1 amide bonds. The summed E-state index contributed by atoms with van der Waals surface area (Å²) in [5, 5.41) is 2.97. The molecule has 1 aromatic carbocycles. The molecule has 2 aliphatic carbocycles. The van der Waals surface area contributed by atoms with Crippen LogP contribution in [0, 0.1) is 5.92 Å².